The number of thioether (sulfide) groups is 2. The molecule has 4 saturated heterocycles. The predicted molar refractivity (Wildman–Crippen MR) is 321 cm³/mol. The van der Waals surface area contributed by atoms with Crippen LogP contribution in [-0.2, 0) is 41.6 Å². The lowest BCUT2D eigenvalue weighted by atomic mass is 9.84. The van der Waals surface area contributed by atoms with Crippen LogP contribution in [0.2, 0.25) is 0 Å². The molecule has 4 aliphatic rings. The first kappa shape index (κ1) is 70.9. The van der Waals surface area contributed by atoms with E-state index in [4.69, 9.17) is 0 Å². The number of anilines is 2. The number of nitrogens with one attached hydrogen (secondary N) is 6. The summed E-state index contributed by atoms with van der Waals surface area (Å²) in [6.07, 6.45) is 3.90. The van der Waals surface area contributed by atoms with Crippen molar-refractivity contribution in [3.63, 3.8) is 0 Å². The van der Waals surface area contributed by atoms with E-state index in [9.17, 15) is 28.8 Å². The van der Waals surface area contributed by atoms with Gasteiger partial charge < -0.3 is 41.7 Å². The Bertz CT molecular complexity index is 1820. The van der Waals surface area contributed by atoms with Gasteiger partial charge in [0.25, 0.3) is 0 Å². The molecule has 2 aromatic carbocycles. The summed E-state index contributed by atoms with van der Waals surface area (Å²) in [5.41, 5.74) is 2.55. The van der Waals surface area contributed by atoms with Gasteiger partial charge in [-0.25, -0.2) is 0 Å². The number of likely N-dealkylation sites (N-methyl/N-ethyl adjacent to an activating group) is 2. The number of aryl methyl sites for hydroxylation is 2. The molecule has 1 unspecified atom stereocenters. The SMILES string of the molecule is CN[C@@H](C)C(=O)N[C@H]1CCS[C@H]2CC(C)(C)C(C(=O)Nc3ccc(CCc4ccc(NC(=O)[C@H]5N6C(=O)[C@@H](NC(=O)[C@H](C)NC)CCS[C@@H]6CC5(C)C)cc4)cc3)N2C1=O.S.S.S.S.S.S.S.S. The molecule has 0 saturated carbocycles. The first-order chi connectivity index (χ1) is 28.4. The Balaban J connectivity index is -0.00000528. The van der Waals surface area contributed by atoms with Gasteiger partial charge in [0.1, 0.15) is 24.2 Å². The summed E-state index contributed by atoms with van der Waals surface area (Å²) in [6.45, 7) is 11.6. The van der Waals surface area contributed by atoms with Gasteiger partial charge in [0, 0.05) is 11.4 Å². The smallest absolute Gasteiger partial charge is 0.247 e. The molecular weight excluding hydrogens is 1060 g/mol. The highest BCUT2D eigenvalue weighted by Crippen LogP contribution is 2.48. The molecule has 6 rings (SSSR count). The topological polar surface area (TPSA) is 181 Å². The standard InChI is InChI=1S/C44H62N8O6S2.8H2S/c1-25(45-7)37(53)49-31-19-21-59-33-23-43(3,4)35(51(33)41(31)57)39(55)47-29-15-11-27(12-16-29)9-10-28-13-17-30(18-14-28)48-40(56)36-44(5,6)24-34-52(36)42(58)32(20-22-60-34)50-38(54)26(2)46-8;;;;;;;;/h11-18,25-26,31-36,45-46H,9-10,19-24H2,1-8H3,(H,47,55)(H,48,56)(H,49,53)(H,50,54);8*1H2/t25-,26-,31-,32-,33-,34+,35?,36+;;;;;;;;/m0......../s1. The minimum absolute atomic E-state index is 0. The highest BCUT2D eigenvalue weighted by molar-refractivity contribution is 8.00. The lowest BCUT2D eigenvalue weighted by Gasteiger charge is -2.34. The van der Waals surface area contributed by atoms with Gasteiger partial charge in [-0.3, -0.25) is 28.8 Å². The maximum absolute atomic E-state index is 13.9. The third-order valence-electron chi connectivity index (χ3n) is 12.5. The second kappa shape index (κ2) is 30.7. The van der Waals surface area contributed by atoms with Crippen molar-refractivity contribution >= 4 is 178 Å². The van der Waals surface area contributed by atoms with Crippen LogP contribution in [0.15, 0.2) is 48.5 Å². The van der Waals surface area contributed by atoms with Crippen LogP contribution >= 0.6 is 131 Å². The Kier molecular flexibility index (Phi) is 32.0. The van der Waals surface area contributed by atoms with Crippen molar-refractivity contribution in [1.29, 1.82) is 0 Å². The predicted octanol–water partition coefficient (Wildman–Crippen LogP) is 4.62. The number of benzene rings is 2. The fourth-order valence-corrected chi connectivity index (χ4v) is 11.9. The van der Waals surface area contributed by atoms with Crippen molar-refractivity contribution in [2.24, 2.45) is 10.8 Å². The molecule has 0 radical (unpaired) electrons. The molecule has 8 atom stereocenters. The molecule has 6 amide bonds. The zero-order valence-electron chi connectivity index (χ0n) is 40.1. The molecule has 0 spiro atoms. The number of carbonyl (C=O) groups is 6. The normalized spacial score (nSPS) is 23.6. The van der Waals surface area contributed by atoms with E-state index >= 15 is 0 Å². The summed E-state index contributed by atoms with van der Waals surface area (Å²) in [7, 11) is 3.40. The van der Waals surface area contributed by atoms with Gasteiger partial charge in [0.2, 0.25) is 35.4 Å². The summed E-state index contributed by atoms with van der Waals surface area (Å²) in [4.78, 5) is 84.4. The van der Waals surface area contributed by atoms with E-state index in [2.05, 4.69) is 31.9 Å². The fraction of sp³-hybridized carbons (Fsp3) is 0.591. The number of fused-ring (bicyclic) bond motifs is 2. The van der Waals surface area contributed by atoms with Crippen molar-refractivity contribution in [2.45, 2.75) is 127 Å². The molecule has 24 heteroatoms. The largest absolute Gasteiger partial charge is 0.343 e. The van der Waals surface area contributed by atoms with Crippen molar-refractivity contribution in [3.05, 3.63) is 59.7 Å². The lowest BCUT2D eigenvalue weighted by molar-refractivity contribution is -0.142. The van der Waals surface area contributed by atoms with Gasteiger partial charge >= 0.3 is 0 Å². The van der Waals surface area contributed by atoms with Crippen LogP contribution in [0.25, 0.3) is 0 Å². The van der Waals surface area contributed by atoms with Crippen LogP contribution in [0, 0.1) is 10.8 Å². The van der Waals surface area contributed by atoms with Gasteiger partial charge in [0.05, 0.1) is 22.8 Å². The van der Waals surface area contributed by atoms with Gasteiger partial charge in [-0.15, -0.1) is 23.5 Å². The minimum atomic E-state index is -0.689. The highest BCUT2D eigenvalue weighted by atomic mass is 32.2. The first-order valence-electron chi connectivity index (χ1n) is 21.1. The zero-order valence-corrected chi connectivity index (χ0v) is 49.7. The Morgan fingerprint density at radius 3 is 1.18 bits per heavy atom. The summed E-state index contributed by atoms with van der Waals surface area (Å²) in [5, 5.41) is 17.5. The third-order valence-corrected chi connectivity index (χ3v) is 15.0. The summed E-state index contributed by atoms with van der Waals surface area (Å²) >= 11 is 3.34. The van der Waals surface area contributed by atoms with E-state index in [-0.39, 0.29) is 154 Å². The fourth-order valence-electron chi connectivity index (χ4n) is 8.78. The van der Waals surface area contributed by atoms with Crippen LogP contribution in [0.4, 0.5) is 11.4 Å². The molecule has 0 aromatic heterocycles. The third kappa shape index (κ3) is 16.6. The number of hydrogen-bond donors (Lipinski definition) is 6. The van der Waals surface area contributed by atoms with Crippen molar-refractivity contribution in [3.8, 4) is 0 Å². The van der Waals surface area contributed by atoms with Gasteiger partial charge in [-0.2, -0.15) is 108 Å². The molecule has 6 N–H and O–H groups in total. The number of hydrogen-bond acceptors (Lipinski definition) is 10. The summed E-state index contributed by atoms with van der Waals surface area (Å²) in [5.74, 6) is 0.0184. The number of rotatable bonds is 13. The molecule has 68 heavy (non-hydrogen) atoms. The Hall–Kier alpha value is -1.32. The quantitative estimate of drug-likeness (QED) is 0.166. The number of nitrogens with zero attached hydrogens (tertiary/aromatic N) is 2. The monoisotopic (exact) mass is 1130 g/mol. The minimum Gasteiger partial charge on any atom is -0.343 e. The van der Waals surface area contributed by atoms with Crippen LogP contribution in [-0.4, -0.2) is 118 Å². The second-order valence-corrected chi connectivity index (χ2v) is 20.5. The highest BCUT2D eigenvalue weighted by Gasteiger charge is 2.56. The molecular formula is C44H78N8O6S10. The maximum Gasteiger partial charge on any atom is 0.247 e. The first-order valence-corrected chi connectivity index (χ1v) is 23.2. The summed E-state index contributed by atoms with van der Waals surface area (Å²) < 4.78 is 0. The average molecular weight is 1140 g/mol. The molecule has 14 nitrogen and oxygen atoms in total. The van der Waals surface area contributed by atoms with E-state index < -0.39 is 47.1 Å². The van der Waals surface area contributed by atoms with Gasteiger partial charge in [-0.1, -0.05) is 52.0 Å². The van der Waals surface area contributed by atoms with Gasteiger partial charge in [-0.05, 0) is 124 Å². The molecule has 4 fully saturated rings. The molecule has 2 aromatic rings. The van der Waals surface area contributed by atoms with Crippen molar-refractivity contribution in [1.82, 2.24) is 31.1 Å². The van der Waals surface area contributed by atoms with Crippen LogP contribution in [0.3, 0.4) is 0 Å². The Labute approximate surface area is 468 Å². The van der Waals surface area contributed by atoms with Crippen LogP contribution in [0.1, 0.15) is 78.4 Å². The van der Waals surface area contributed by atoms with E-state index in [0.717, 1.165) is 24.0 Å². The van der Waals surface area contributed by atoms with Crippen LogP contribution in [0.5, 0.6) is 0 Å². The van der Waals surface area contributed by atoms with Crippen LogP contribution < -0.4 is 31.9 Å². The summed E-state index contributed by atoms with van der Waals surface area (Å²) in [6, 6.07) is 11.9. The van der Waals surface area contributed by atoms with E-state index in [1.54, 1.807) is 61.3 Å². The number of amides is 6. The lowest BCUT2D eigenvalue weighted by Crippen LogP contribution is -2.57. The van der Waals surface area contributed by atoms with E-state index in [1.807, 2.05) is 76.2 Å². The average Bonchev–Trinajstić information content (AvgIpc) is 3.53. The Morgan fingerprint density at radius 1 is 0.574 bits per heavy atom. The second-order valence-electron chi connectivity index (χ2n) is 17.9. The molecule has 4 aliphatic heterocycles. The van der Waals surface area contributed by atoms with Crippen molar-refractivity contribution in [2.75, 3.05) is 36.2 Å². The maximum atomic E-state index is 13.9. The molecule has 0 bridgehead atoms. The number of carbonyl (C=O) groups excluding carboxylic acids is 6. The van der Waals surface area contributed by atoms with E-state index in [0.29, 0.717) is 48.6 Å². The molecule has 0 aliphatic carbocycles. The van der Waals surface area contributed by atoms with E-state index in [1.165, 1.54) is 0 Å². The zero-order chi connectivity index (χ0) is 43.5. The van der Waals surface area contributed by atoms with Gasteiger partial charge in [0.15, 0.2) is 0 Å². The Morgan fingerprint density at radius 2 is 0.882 bits per heavy atom. The van der Waals surface area contributed by atoms with Crippen molar-refractivity contribution < 1.29 is 28.8 Å². The molecule has 390 valence electrons. The molecule has 4 heterocycles.